The molecule has 174 valence electrons. The molecular formula is C24H26FN3O4S. The Hall–Kier alpha value is -3.20. The van der Waals surface area contributed by atoms with Crippen LogP contribution in [0.15, 0.2) is 62.9 Å². The Bertz CT molecular complexity index is 1230. The lowest BCUT2D eigenvalue weighted by atomic mass is 10.2. The second-order valence-corrected chi connectivity index (χ2v) is 9.94. The van der Waals surface area contributed by atoms with Crippen LogP contribution in [0, 0.1) is 12.7 Å². The van der Waals surface area contributed by atoms with Crippen molar-refractivity contribution in [2.75, 3.05) is 31.1 Å². The first-order chi connectivity index (χ1) is 15.8. The van der Waals surface area contributed by atoms with Gasteiger partial charge in [-0.2, -0.15) is 4.98 Å². The van der Waals surface area contributed by atoms with E-state index in [-0.39, 0.29) is 27.6 Å². The standard InChI is InChI=1S/C24H26FN3O4S/c1-3-4-21(29)27-13-15-28(16-14-27)24-23(33(30,31)20-11-5-17(2)6-12-20)26-22(32-24)18-7-9-19(25)10-8-18/h5-12H,3-4,13-16H2,1-2H3. The normalized spacial score (nSPS) is 14.5. The summed E-state index contributed by atoms with van der Waals surface area (Å²) in [4.78, 5) is 20.3. The van der Waals surface area contributed by atoms with E-state index in [2.05, 4.69) is 4.98 Å². The number of oxazole rings is 1. The SMILES string of the molecule is CCCC(=O)N1CCN(c2oc(-c3ccc(F)cc3)nc2S(=O)(=O)c2ccc(C)cc2)CC1. The monoisotopic (exact) mass is 471 g/mol. The highest BCUT2D eigenvalue weighted by molar-refractivity contribution is 7.91. The Balaban J connectivity index is 1.72. The zero-order chi connectivity index (χ0) is 23.6. The van der Waals surface area contributed by atoms with Crippen LogP contribution >= 0.6 is 0 Å². The van der Waals surface area contributed by atoms with Crippen molar-refractivity contribution in [1.82, 2.24) is 9.88 Å². The van der Waals surface area contributed by atoms with E-state index in [1.165, 1.54) is 24.3 Å². The predicted molar refractivity (Wildman–Crippen MR) is 122 cm³/mol. The average molecular weight is 472 g/mol. The number of aromatic nitrogens is 1. The molecule has 0 aliphatic carbocycles. The molecule has 0 unspecified atom stereocenters. The number of carbonyl (C=O) groups is 1. The van der Waals surface area contributed by atoms with Gasteiger partial charge < -0.3 is 14.2 Å². The van der Waals surface area contributed by atoms with E-state index in [0.29, 0.717) is 38.2 Å². The maximum atomic E-state index is 13.5. The van der Waals surface area contributed by atoms with E-state index >= 15 is 0 Å². The van der Waals surface area contributed by atoms with E-state index in [0.717, 1.165) is 12.0 Å². The second kappa shape index (κ2) is 9.35. The van der Waals surface area contributed by atoms with Gasteiger partial charge in [0.1, 0.15) is 5.82 Å². The van der Waals surface area contributed by atoms with E-state index in [4.69, 9.17) is 4.42 Å². The van der Waals surface area contributed by atoms with Gasteiger partial charge in [0.2, 0.25) is 32.5 Å². The van der Waals surface area contributed by atoms with Crippen LogP contribution in [0.25, 0.3) is 11.5 Å². The number of sulfone groups is 1. The molecule has 2 aromatic carbocycles. The Labute approximate surface area is 192 Å². The molecule has 0 spiro atoms. The molecule has 1 aromatic heterocycles. The number of amides is 1. The fraction of sp³-hybridized carbons (Fsp3) is 0.333. The molecule has 1 aliphatic heterocycles. The van der Waals surface area contributed by atoms with Crippen LogP contribution in [0.3, 0.4) is 0 Å². The third-order valence-corrected chi connectivity index (χ3v) is 7.31. The highest BCUT2D eigenvalue weighted by Gasteiger charge is 2.33. The number of aryl methyl sites for hydroxylation is 1. The first-order valence-electron chi connectivity index (χ1n) is 10.9. The maximum absolute atomic E-state index is 13.5. The molecule has 2 heterocycles. The van der Waals surface area contributed by atoms with Crippen molar-refractivity contribution in [2.45, 2.75) is 36.6 Å². The van der Waals surface area contributed by atoms with Crippen LogP contribution < -0.4 is 4.90 Å². The predicted octanol–water partition coefficient (Wildman–Crippen LogP) is 4.07. The number of benzene rings is 2. The average Bonchev–Trinajstić information content (AvgIpc) is 3.26. The van der Waals surface area contributed by atoms with Gasteiger partial charge in [0, 0.05) is 38.2 Å². The molecular weight excluding hydrogens is 445 g/mol. The lowest BCUT2D eigenvalue weighted by Crippen LogP contribution is -2.48. The molecule has 3 aromatic rings. The molecule has 1 aliphatic rings. The summed E-state index contributed by atoms with van der Waals surface area (Å²) in [5.41, 5.74) is 1.41. The summed E-state index contributed by atoms with van der Waals surface area (Å²) in [6.07, 6.45) is 1.27. The van der Waals surface area contributed by atoms with Crippen molar-refractivity contribution in [1.29, 1.82) is 0 Å². The Morgan fingerprint density at radius 3 is 2.27 bits per heavy atom. The third kappa shape index (κ3) is 4.78. The summed E-state index contributed by atoms with van der Waals surface area (Å²) in [5, 5.41) is -0.181. The van der Waals surface area contributed by atoms with Gasteiger partial charge in [0.25, 0.3) is 0 Å². The number of anilines is 1. The Morgan fingerprint density at radius 2 is 1.67 bits per heavy atom. The number of halogens is 1. The molecule has 0 radical (unpaired) electrons. The van der Waals surface area contributed by atoms with Crippen molar-refractivity contribution in [2.24, 2.45) is 0 Å². The summed E-state index contributed by atoms with van der Waals surface area (Å²) in [7, 11) is -3.97. The fourth-order valence-corrected chi connectivity index (χ4v) is 5.07. The minimum atomic E-state index is -3.97. The number of hydrogen-bond donors (Lipinski definition) is 0. The van der Waals surface area contributed by atoms with Gasteiger partial charge in [-0.1, -0.05) is 24.6 Å². The quantitative estimate of drug-likeness (QED) is 0.539. The number of nitrogens with zero attached hydrogens (tertiary/aromatic N) is 3. The van der Waals surface area contributed by atoms with Crippen molar-refractivity contribution in [3.63, 3.8) is 0 Å². The van der Waals surface area contributed by atoms with Crippen molar-refractivity contribution >= 4 is 21.6 Å². The van der Waals surface area contributed by atoms with E-state index in [1.807, 2.05) is 13.8 Å². The number of rotatable bonds is 6. The maximum Gasteiger partial charge on any atom is 0.236 e. The zero-order valence-corrected chi connectivity index (χ0v) is 19.4. The van der Waals surface area contributed by atoms with Crippen LogP contribution in [-0.4, -0.2) is 50.4 Å². The van der Waals surface area contributed by atoms with Gasteiger partial charge in [-0.05, 0) is 49.7 Å². The van der Waals surface area contributed by atoms with Crippen LogP contribution in [0.1, 0.15) is 25.3 Å². The van der Waals surface area contributed by atoms with E-state index in [9.17, 15) is 17.6 Å². The number of piperazine rings is 1. The third-order valence-electron chi connectivity index (χ3n) is 5.64. The first kappa shape index (κ1) is 23.0. The van der Waals surface area contributed by atoms with Gasteiger partial charge in [-0.25, -0.2) is 12.8 Å². The lowest BCUT2D eigenvalue weighted by molar-refractivity contribution is -0.131. The molecule has 4 rings (SSSR count). The van der Waals surface area contributed by atoms with Crippen LogP contribution in [0.5, 0.6) is 0 Å². The highest BCUT2D eigenvalue weighted by Crippen LogP contribution is 2.35. The molecule has 0 N–H and O–H groups in total. The number of carbonyl (C=O) groups excluding carboxylic acids is 1. The number of hydrogen-bond acceptors (Lipinski definition) is 6. The van der Waals surface area contributed by atoms with Crippen molar-refractivity contribution < 1.29 is 22.0 Å². The minimum Gasteiger partial charge on any atom is -0.419 e. The summed E-state index contributed by atoms with van der Waals surface area (Å²) in [5.74, 6) is -0.0854. The molecule has 0 saturated carbocycles. The summed E-state index contributed by atoms with van der Waals surface area (Å²) >= 11 is 0. The fourth-order valence-electron chi connectivity index (χ4n) is 3.75. The Morgan fingerprint density at radius 1 is 1.03 bits per heavy atom. The molecule has 1 amide bonds. The van der Waals surface area contributed by atoms with Gasteiger partial charge in [-0.15, -0.1) is 0 Å². The molecule has 0 bridgehead atoms. The minimum absolute atomic E-state index is 0.0919. The molecule has 1 saturated heterocycles. The highest BCUT2D eigenvalue weighted by atomic mass is 32.2. The smallest absolute Gasteiger partial charge is 0.236 e. The molecule has 1 fully saturated rings. The molecule has 7 nitrogen and oxygen atoms in total. The van der Waals surface area contributed by atoms with Crippen LogP contribution in [0.2, 0.25) is 0 Å². The van der Waals surface area contributed by atoms with Crippen LogP contribution in [-0.2, 0) is 14.6 Å². The summed E-state index contributed by atoms with van der Waals surface area (Å²) in [6, 6.07) is 12.1. The van der Waals surface area contributed by atoms with Gasteiger partial charge in [0.05, 0.1) is 4.90 Å². The van der Waals surface area contributed by atoms with Gasteiger partial charge >= 0.3 is 0 Å². The van der Waals surface area contributed by atoms with Crippen molar-refractivity contribution in [3.05, 3.63) is 59.9 Å². The van der Waals surface area contributed by atoms with E-state index < -0.39 is 15.7 Å². The topological polar surface area (TPSA) is 83.7 Å². The molecule has 33 heavy (non-hydrogen) atoms. The summed E-state index contributed by atoms with van der Waals surface area (Å²) < 4.78 is 46.3. The Kier molecular flexibility index (Phi) is 6.51. The van der Waals surface area contributed by atoms with Crippen LogP contribution in [0.4, 0.5) is 10.3 Å². The van der Waals surface area contributed by atoms with E-state index in [1.54, 1.807) is 34.1 Å². The van der Waals surface area contributed by atoms with Gasteiger partial charge in [-0.3, -0.25) is 4.79 Å². The largest absolute Gasteiger partial charge is 0.419 e. The molecule has 0 atom stereocenters. The second-order valence-electron chi connectivity index (χ2n) is 8.07. The van der Waals surface area contributed by atoms with Gasteiger partial charge in [0.15, 0.2) is 0 Å². The summed E-state index contributed by atoms with van der Waals surface area (Å²) in [6.45, 7) is 5.62. The zero-order valence-electron chi connectivity index (χ0n) is 18.6. The first-order valence-corrected chi connectivity index (χ1v) is 12.4. The lowest BCUT2D eigenvalue weighted by Gasteiger charge is -2.34. The van der Waals surface area contributed by atoms with Crippen molar-refractivity contribution in [3.8, 4) is 11.5 Å². The molecule has 9 heteroatoms.